The van der Waals surface area contributed by atoms with Crippen molar-refractivity contribution in [3.8, 4) is 0 Å². The molecule has 0 aliphatic rings. The fourth-order valence-corrected chi connectivity index (χ4v) is 3.27. The van der Waals surface area contributed by atoms with Crippen molar-refractivity contribution in [3.63, 3.8) is 0 Å². The zero-order valence-corrected chi connectivity index (χ0v) is 20.3. The quantitative estimate of drug-likeness (QED) is 0.0647. The molecule has 0 spiro atoms. The minimum atomic E-state index is -1.24. The topological polar surface area (TPSA) is 272 Å². The van der Waals surface area contributed by atoms with Crippen LogP contribution in [0.2, 0.25) is 0 Å². The van der Waals surface area contributed by atoms with E-state index >= 15 is 0 Å². The van der Waals surface area contributed by atoms with Gasteiger partial charge < -0.3 is 48.2 Å². The van der Waals surface area contributed by atoms with Gasteiger partial charge in [0.15, 0.2) is 5.96 Å². The van der Waals surface area contributed by atoms with E-state index in [1.54, 1.807) is 0 Å². The Kier molecular flexibility index (Phi) is 11.0. The van der Waals surface area contributed by atoms with Gasteiger partial charge in [0, 0.05) is 43.2 Å². The molecule has 2 rings (SSSR count). The Morgan fingerprint density at radius 3 is 2.08 bits per heavy atom. The van der Waals surface area contributed by atoms with Crippen LogP contribution < -0.4 is 33.2 Å². The molecule has 202 valence electrons. The van der Waals surface area contributed by atoms with Gasteiger partial charge in [0.1, 0.15) is 18.1 Å². The van der Waals surface area contributed by atoms with Gasteiger partial charge in [0.05, 0.1) is 18.7 Å². The number of nitrogens with zero attached hydrogens (tertiary/aromatic N) is 3. The minimum absolute atomic E-state index is 0.0469. The first-order valence-corrected chi connectivity index (χ1v) is 11.5. The summed E-state index contributed by atoms with van der Waals surface area (Å²) in [5.74, 6) is -3.33. The molecule has 0 aromatic carbocycles. The van der Waals surface area contributed by atoms with E-state index in [0.717, 1.165) is 0 Å². The summed E-state index contributed by atoms with van der Waals surface area (Å²) in [5, 5.41) is 16.9. The van der Waals surface area contributed by atoms with Crippen molar-refractivity contribution in [2.75, 3.05) is 6.54 Å². The van der Waals surface area contributed by atoms with Crippen LogP contribution in [0.3, 0.4) is 0 Å². The molecule has 4 unspecified atom stereocenters. The first kappa shape index (κ1) is 28.8. The van der Waals surface area contributed by atoms with Crippen molar-refractivity contribution < 1.29 is 24.3 Å². The number of amides is 3. The Labute approximate surface area is 212 Å². The van der Waals surface area contributed by atoms with Crippen LogP contribution >= 0.6 is 0 Å². The molecule has 0 bridgehead atoms. The number of carbonyl (C=O) groups excluding carboxylic acids is 3. The number of guanidine groups is 1. The van der Waals surface area contributed by atoms with Crippen LogP contribution in [0.4, 0.5) is 0 Å². The molecular formula is C21H33N11O5. The van der Waals surface area contributed by atoms with Crippen LogP contribution in [0.1, 0.15) is 31.2 Å². The van der Waals surface area contributed by atoms with E-state index in [4.69, 9.17) is 17.2 Å². The number of rotatable bonds is 15. The van der Waals surface area contributed by atoms with Crippen LogP contribution in [0.5, 0.6) is 0 Å². The summed E-state index contributed by atoms with van der Waals surface area (Å²) in [6.45, 7) is 1.59. The molecule has 16 nitrogen and oxygen atoms in total. The second-order valence-corrected chi connectivity index (χ2v) is 8.31. The number of nitrogens with one attached hydrogen (secondary N) is 5. The summed E-state index contributed by atoms with van der Waals surface area (Å²) in [6.07, 6.45) is 6.51. The van der Waals surface area contributed by atoms with Gasteiger partial charge in [-0.3, -0.25) is 19.4 Å². The molecule has 3 amide bonds. The van der Waals surface area contributed by atoms with Gasteiger partial charge in [-0.1, -0.05) is 0 Å². The maximum Gasteiger partial charge on any atom is 0.326 e. The summed E-state index contributed by atoms with van der Waals surface area (Å²) < 4.78 is 0. The van der Waals surface area contributed by atoms with E-state index in [1.165, 1.54) is 32.0 Å². The highest BCUT2D eigenvalue weighted by atomic mass is 16.4. The number of carbonyl (C=O) groups is 4. The van der Waals surface area contributed by atoms with E-state index in [9.17, 15) is 24.3 Å². The molecule has 0 aliphatic heterocycles. The van der Waals surface area contributed by atoms with Crippen LogP contribution in [-0.4, -0.2) is 85.4 Å². The van der Waals surface area contributed by atoms with E-state index in [-0.39, 0.29) is 31.8 Å². The zero-order valence-electron chi connectivity index (χ0n) is 20.3. The SMILES string of the molecule is CC(NC(=O)C(Cc1cnc[nH]1)NC(=O)C(N)Cc1cnc[nH]1)C(=O)NC(CCCN=C(N)N)C(=O)O. The first-order valence-electron chi connectivity index (χ1n) is 11.5. The number of aliphatic imine (C=N–C) groups is 1. The Balaban J connectivity index is 1.99. The van der Waals surface area contributed by atoms with Crippen molar-refractivity contribution in [1.82, 2.24) is 35.9 Å². The van der Waals surface area contributed by atoms with Gasteiger partial charge >= 0.3 is 5.97 Å². The molecule has 37 heavy (non-hydrogen) atoms. The second kappa shape index (κ2) is 14.2. The van der Waals surface area contributed by atoms with Crippen LogP contribution in [0.25, 0.3) is 0 Å². The monoisotopic (exact) mass is 519 g/mol. The third-order valence-corrected chi connectivity index (χ3v) is 5.26. The van der Waals surface area contributed by atoms with E-state index in [2.05, 4.69) is 40.9 Å². The lowest BCUT2D eigenvalue weighted by Gasteiger charge is -2.23. The van der Waals surface area contributed by atoms with Crippen molar-refractivity contribution in [2.24, 2.45) is 22.2 Å². The molecular weight excluding hydrogens is 486 g/mol. The van der Waals surface area contributed by atoms with Gasteiger partial charge in [-0.05, 0) is 19.8 Å². The van der Waals surface area contributed by atoms with Gasteiger partial charge in [-0.2, -0.15) is 0 Å². The Morgan fingerprint density at radius 1 is 0.946 bits per heavy atom. The highest BCUT2D eigenvalue weighted by Gasteiger charge is 2.29. The Bertz CT molecular complexity index is 1050. The summed E-state index contributed by atoms with van der Waals surface area (Å²) >= 11 is 0. The van der Waals surface area contributed by atoms with Crippen molar-refractivity contribution in [3.05, 3.63) is 36.4 Å². The molecule has 0 radical (unpaired) electrons. The van der Waals surface area contributed by atoms with E-state index < -0.39 is 47.9 Å². The van der Waals surface area contributed by atoms with Crippen molar-refractivity contribution in [2.45, 2.75) is 56.8 Å². The lowest BCUT2D eigenvalue weighted by Crippen LogP contribution is -2.57. The molecule has 0 aliphatic carbocycles. The molecule has 4 atom stereocenters. The Hall–Kier alpha value is -4.47. The van der Waals surface area contributed by atoms with Crippen LogP contribution in [0, 0.1) is 0 Å². The number of aromatic amines is 2. The fraction of sp³-hybridized carbons (Fsp3) is 0.476. The highest BCUT2D eigenvalue weighted by Crippen LogP contribution is 2.04. The molecule has 0 saturated heterocycles. The average molecular weight is 520 g/mol. The van der Waals surface area contributed by atoms with Crippen molar-refractivity contribution >= 4 is 29.7 Å². The molecule has 16 heteroatoms. The van der Waals surface area contributed by atoms with E-state index in [1.807, 2.05) is 0 Å². The number of nitrogens with two attached hydrogens (primary N) is 3. The lowest BCUT2D eigenvalue weighted by atomic mass is 10.1. The third kappa shape index (κ3) is 9.96. The number of carboxylic acids is 1. The number of imidazole rings is 2. The number of hydrogen-bond acceptors (Lipinski definition) is 8. The molecule has 0 fully saturated rings. The highest BCUT2D eigenvalue weighted by molar-refractivity contribution is 5.94. The van der Waals surface area contributed by atoms with Gasteiger partial charge in [-0.15, -0.1) is 0 Å². The van der Waals surface area contributed by atoms with Gasteiger partial charge in [-0.25, -0.2) is 14.8 Å². The molecule has 0 saturated carbocycles. The van der Waals surface area contributed by atoms with Crippen LogP contribution in [-0.2, 0) is 32.0 Å². The standard InChI is InChI=1S/C21H33N11O5/c1-11(17(33)31-15(20(36)37)3-2-4-27-21(23)24)30-19(35)16(6-13-8-26-10-29-13)32-18(34)14(22)5-12-7-25-9-28-12/h7-11,14-16H,2-6,22H2,1H3,(H,25,28)(H,26,29)(H,30,35)(H,31,33)(H,32,34)(H,36,37)(H4,23,24,27). The van der Waals surface area contributed by atoms with Crippen LogP contribution in [0.15, 0.2) is 30.0 Å². The predicted octanol–water partition coefficient (Wildman–Crippen LogP) is -3.14. The lowest BCUT2D eigenvalue weighted by molar-refractivity contribution is -0.142. The average Bonchev–Trinajstić information content (AvgIpc) is 3.54. The minimum Gasteiger partial charge on any atom is -0.480 e. The normalized spacial score (nSPS) is 14.0. The molecule has 2 aromatic rings. The number of carboxylic acid groups (broad SMARTS) is 1. The second-order valence-electron chi connectivity index (χ2n) is 8.31. The summed E-state index contributed by atoms with van der Waals surface area (Å²) in [6, 6.07) is -4.37. The van der Waals surface area contributed by atoms with Crippen molar-refractivity contribution in [1.29, 1.82) is 0 Å². The zero-order chi connectivity index (χ0) is 27.4. The third-order valence-electron chi connectivity index (χ3n) is 5.26. The molecule has 2 heterocycles. The number of aromatic nitrogens is 4. The molecule has 2 aromatic heterocycles. The number of hydrogen-bond donors (Lipinski definition) is 9. The molecule has 12 N–H and O–H groups in total. The summed E-state index contributed by atoms with van der Waals surface area (Å²) in [5.41, 5.74) is 17.7. The van der Waals surface area contributed by atoms with Gasteiger partial charge in [0.25, 0.3) is 0 Å². The Morgan fingerprint density at radius 2 is 1.54 bits per heavy atom. The summed E-state index contributed by atoms with van der Waals surface area (Å²) in [7, 11) is 0. The maximum atomic E-state index is 13.0. The predicted molar refractivity (Wildman–Crippen MR) is 132 cm³/mol. The number of H-pyrrole nitrogens is 2. The van der Waals surface area contributed by atoms with E-state index in [0.29, 0.717) is 17.8 Å². The maximum absolute atomic E-state index is 13.0. The fourth-order valence-electron chi connectivity index (χ4n) is 3.27. The van der Waals surface area contributed by atoms with Gasteiger partial charge in [0.2, 0.25) is 17.7 Å². The smallest absolute Gasteiger partial charge is 0.326 e. The first-order chi connectivity index (χ1) is 17.6. The number of aliphatic carboxylic acids is 1. The largest absolute Gasteiger partial charge is 0.480 e. The summed E-state index contributed by atoms with van der Waals surface area (Å²) in [4.78, 5) is 67.0.